The lowest BCUT2D eigenvalue weighted by atomic mass is 10.1. The van der Waals surface area contributed by atoms with Crippen molar-refractivity contribution < 1.29 is 4.42 Å². The van der Waals surface area contributed by atoms with E-state index in [-0.39, 0.29) is 12.4 Å². The number of hydrogen-bond acceptors (Lipinski definition) is 2. The van der Waals surface area contributed by atoms with Gasteiger partial charge in [-0.2, -0.15) is 0 Å². The van der Waals surface area contributed by atoms with Crippen molar-refractivity contribution >= 4 is 18.3 Å². The topological polar surface area (TPSA) is 16.4 Å². The molecule has 0 saturated carbocycles. The van der Waals surface area contributed by atoms with Crippen molar-refractivity contribution in [1.29, 1.82) is 0 Å². The summed E-state index contributed by atoms with van der Waals surface area (Å²) in [6.45, 7) is 2.27. The van der Waals surface area contributed by atoms with E-state index in [0.717, 1.165) is 24.7 Å². The van der Waals surface area contributed by atoms with Crippen molar-refractivity contribution in [2.75, 3.05) is 18.0 Å². The Morgan fingerprint density at radius 1 is 0.938 bits per heavy atom. The van der Waals surface area contributed by atoms with Crippen LogP contribution in [0.25, 0.3) is 11.3 Å². The Morgan fingerprint density at radius 2 is 1.75 bits per heavy atom. The normalized spacial score (nSPS) is 16.1. The Bertz CT molecular complexity index is 420. The Balaban J connectivity index is 0.000000963. The third-order valence-electron chi connectivity index (χ3n) is 3.10. The second kappa shape index (κ2) is 4.79. The van der Waals surface area contributed by atoms with Crippen LogP contribution in [0, 0.1) is 0 Å². The minimum Gasteiger partial charge on any atom is -0.441 e. The van der Waals surface area contributed by atoms with Crippen LogP contribution in [0.4, 0.5) is 5.88 Å². The second-order valence-electron chi connectivity index (χ2n) is 4.17. The van der Waals surface area contributed by atoms with Gasteiger partial charge in [0.15, 0.2) is 5.88 Å². The zero-order valence-corrected chi connectivity index (χ0v) is 10.0. The largest absolute Gasteiger partial charge is 0.441 e. The lowest BCUT2D eigenvalue weighted by Gasteiger charge is -2.27. The highest BCUT2D eigenvalue weighted by Gasteiger charge is 2.14. The van der Waals surface area contributed by atoms with Crippen LogP contribution >= 0.6 is 12.4 Å². The first-order chi connectivity index (χ1) is 7.43. The van der Waals surface area contributed by atoms with Crippen LogP contribution in [-0.2, 0) is 0 Å². The molecule has 0 aromatic rings. The monoisotopic (exact) mass is 237 g/mol. The molecule has 86 valence electrons. The van der Waals surface area contributed by atoms with Crippen LogP contribution in [-0.4, -0.2) is 13.1 Å². The zero-order valence-electron chi connectivity index (χ0n) is 9.19. The predicted molar refractivity (Wildman–Crippen MR) is 68.6 cm³/mol. The maximum atomic E-state index is 5.87. The number of fused-ring (bicyclic) bond motifs is 1. The molecule has 0 atom stereocenters. The number of anilines is 1. The van der Waals surface area contributed by atoms with E-state index in [2.05, 4.69) is 23.1 Å². The summed E-state index contributed by atoms with van der Waals surface area (Å²) in [4.78, 5) is 2.34. The first kappa shape index (κ1) is 11.3. The van der Waals surface area contributed by atoms with Gasteiger partial charge in [0.25, 0.3) is 0 Å². The molecular weight excluding hydrogens is 222 g/mol. The number of piperidine rings is 1. The third-order valence-corrected chi connectivity index (χ3v) is 3.10. The van der Waals surface area contributed by atoms with Crippen molar-refractivity contribution in [3.63, 3.8) is 0 Å². The van der Waals surface area contributed by atoms with Crippen molar-refractivity contribution in [2.45, 2.75) is 19.3 Å². The standard InChI is InChI=1S/C13H15NO.ClH/c1-2-9-14(10-3-1)13-8-7-11-5-4-6-12(11)15-13;/h4-8H,1-3,9-10H2;1H. The molecule has 3 heteroatoms. The molecule has 3 rings (SSSR count). The van der Waals surface area contributed by atoms with Crippen LogP contribution in [0.3, 0.4) is 0 Å². The SMILES string of the molecule is Cl.c1cc2ccc(N3CCCCC3)oc-2c1. The summed E-state index contributed by atoms with van der Waals surface area (Å²) in [5.74, 6) is 2.02. The first-order valence-electron chi connectivity index (χ1n) is 5.67. The number of halogens is 1. The predicted octanol–water partition coefficient (Wildman–Crippen LogP) is 3.80. The van der Waals surface area contributed by atoms with Gasteiger partial charge in [0.2, 0.25) is 0 Å². The van der Waals surface area contributed by atoms with E-state index in [4.69, 9.17) is 4.42 Å². The lowest BCUT2D eigenvalue weighted by molar-refractivity contribution is 0.498. The smallest absolute Gasteiger partial charge is 0.196 e. The summed E-state index contributed by atoms with van der Waals surface area (Å²) in [7, 11) is 0. The minimum atomic E-state index is 0. The average Bonchev–Trinajstić information content (AvgIpc) is 2.77. The number of rotatable bonds is 1. The molecule has 0 radical (unpaired) electrons. The Labute approximate surface area is 102 Å². The van der Waals surface area contributed by atoms with E-state index in [1.165, 1.54) is 24.8 Å². The molecule has 16 heavy (non-hydrogen) atoms. The van der Waals surface area contributed by atoms with Gasteiger partial charge in [-0.05, 0) is 37.5 Å². The quantitative estimate of drug-likeness (QED) is 0.750. The highest BCUT2D eigenvalue weighted by Crippen LogP contribution is 2.29. The van der Waals surface area contributed by atoms with Crippen molar-refractivity contribution in [3.8, 4) is 11.3 Å². The van der Waals surface area contributed by atoms with E-state index < -0.39 is 0 Å². The molecule has 0 aromatic carbocycles. The molecule has 2 heterocycles. The number of nitrogens with zero attached hydrogens (tertiary/aromatic N) is 1. The third kappa shape index (κ3) is 2.03. The molecule has 3 aliphatic rings. The van der Waals surface area contributed by atoms with Crippen molar-refractivity contribution in [2.24, 2.45) is 0 Å². The Morgan fingerprint density at radius 3 is 2.56 bits per heavy atom. The maximum Gasteiger partial charge on any atom is 0.196 e. The van der Waals surface area contributed by atoms with Gasteiger partial charge >= 0.3 is 0 Å². The average molecular weight is 238 g/mol. The molecule has 0 aromatic heterocycles. The summed E-state index contributed by atoms with van der Waals surface area (Å²) in [6, 6.07) is 10.4. The molecule has 1 fully saturated rings. The Kier molecular flexibility index (Phi) is 3.39. The lowest BCUT2D eigenvalue weighted by Crippen LogP contribution is -2.29. The fraction of sp³-hybridized carbons (Fsp3) is 0.385. The van der Waals surface area contributed by atoms with Gasteiger partial charge in [-0.15, -0.1) is 12.4 Å². The first-order valence-corrected chi connectivity index (χ1v) is 5.67. The van der Waals surface area contributed by atoms with E-state index >= 15 is 0 Å². The fourth-order valence-electron chi connectivity index (χ4n) is 2.24. The maximum absolute atomic E-state index is 5.87. The molecule has 0 bridgehead atoms. The molecular formula is C13H16ClNO. The van der Waals surface area contributed by atoms with E-state index in [0.29, 0.717) is 0 Å². The number of hydrogen-bond donors (Lipinski definition) is 0. The van der Waals surface area contributed by atoms with Gasteiger partial charge in [0.05, 0.1) is 0 Å². The van der Waals surface area contributed by atoms with Crippen LogP contribution in [0.15, 0.2) is 34.7 Å². The van der Waals surface area contributed by atoms with Crippen molar-refractivity contribution in [3.05, 3.63) is 30.3 Å². The van der Waals surface area contributed by atoms with Gasteiger partial charge in [0, 0.05) is 18.7 Å². The van der Waals surface area contributed by atoms with Crippen LogP contribution < -0.4 is 4.90 Å². The summed E-state index contributed by atoms with van der Waals surface area (Å²) in [5, 5.41) is 0. The molecule has 0 amide bonds. The zero-order chi connectivity index (χ0) is 10.1. The highest BCUT2D eigenvalue weighted by molar-refractivity contribution is 5.85. The van der Waals surface area contributed by atoms with E-state index in [1.54, 1.807) is 0 Å². The second-order valence-corrected chi connectivity index (χ2v) is 4.17. The highest BCUT2D eigenvalue weighted by atomic mass is 35.5. The molecule has 1 saturated heterocycles. The molecule has 0 N–H and O–H groups in total. The van der Waals surface area contributed by atoms with Gasteiger partial charge in [-0.1, -0.05) is 12.1 Å². The fourth-order valence-corrected chi connectivity index (χ4v) is 2.24. The molecule has 0 unspecified atom stereocenters. The van der Waals surface area contributed by atoms with Crippen molar-refractivity contribution in [1.82, 2.24) is 0 Å². The summed E-state index contributed by atoms with van der Waals surface area (Å²) < 4.78 is 5.87. The van der Waals surface area contributed by atoms with E-state index in [9.17, 15) is 0 Å². The van der Waals surface area contributed by atoms with Crippen LogP contribution in [0.5, 0.6) is 0 Å². The van der Waals surface area contributed by atoms with Crippen LogP contribution in [0.2, 0.25) is 0 Å². The molecule has 1 aliphatic carbocycles. The van der Waals surface area contributed by atoms with Gasteiger partial charge in [-0.3, -0.25) is 0 Å². The molecule has 0 spiro atoms. The summed E-state index contributed by atoms with van der Waals surface area (Å²) in [5.41, 5.74) is 1.19. The molecule has 2 nitrogen and oxygen atoms in total. The van der Waals surface area contributed by atoms with Gasteiger partial charge < -0.3 is 9.32 Å². The summed E-state index contributed by atoms with van der Waals surface area (Å²) >= 11 is 0. The minimum absolute atomic E-state index is 0. The van der Waals surface area contributed by atoms with E-state index in [1.807, 2.05) is 12.1 Å². The van der Waals surface area contributed by atoms with Gasteiger partial charge in [0.1, 0.15) is 5.76 Å². The van der Waals surface area contributed by atoms with Gasteiger partial charge in [-0.25, -0.2) is 0 Å². The summed E-state index contributed by atoms with van der Waals surface area (Å²) in [6.07, 6.45) is 3.93. The molecule has 2 aliphatic heterocycles. The van der Waals surface area contributed by atoms with Crippen LogP contribution in [0.1, 0.15) is 19.3 Å². The Hall–Kier alpha value is -1.15.